The molecule has 0 amide bonds. The van der Waals surface area contributed by atoms with E-state index in [-0.39, 0.29) is 5.97 Å². The summed E-state index contributed by atoms with van der Waals surface area (Å²) in [6.07, 6.45) is 6.32. The Balaban J connectivity index is 1.92. The summed E-state index contributed by atoms with van der Waals surface area (Å²) in [7, 11) is 1.43. The molecule has 25 heavy (non-hydrogen) atoms. The van der Waals surface area contributed by atoms with Gasteiger partial charge < -0.3 is 9.72 Å². The van der Waals surface area contributed by atoms with Gasteiger partial charge in [0.1, 0.15) is 0 Å². The molecule has 1 fully saturated rings. The third-order valence-electron chi connectivity index (χ3n) is 5.34. The number of carbonyl (C=O) groups excluding carboxylic acids is 1. The van der Waals surface area contributed by atoms with Crippen molar-refractivity contribution in [3.8, 4) is 11.3 Å². The van der Waals surface area contributed by atoms with Crippen molar-refractivity contribution in [1.29, 1.82) is 0 Å². The van der Waals surface area contributed by atoms with Gasteiger partial charge in [0.2, 0.25) is 0 Å². The molecule has 0 atom stereocenters. The fourth-order valence-electron chi connectivity index (χ4n) is 4.11. The Labute approximate surface area is 148 Å². The normalized spacial score (nSPS) is 15.4. The Hall–Kier alpha value is -2.55. The van der Waals surface area contributed by atoms with Gasteiger partial charge in [0.15, 0.2) is 0 Å². The van der Waals surface area contributed by atoms with Crippen LogP contribution in [-0.4, -0.2) is 18.1 Å². The molecule has 1 N–H and O–H groups in total. The number of methoxy groups -OCH3 is 1. The lowest BCUT2D eigenvalue weighted by Crippen LogP contribution is -2.06. The number of benzene rings is 2. The van der Waals surface area contributed by atoms with Crippen LogP contribution in [0.5, 0.6) is 0 Å². The molecule has 1 aliphatic rings. The minimum Gasteiger partial charge on any atom is -0.465 e. The van der Waals surface area contributed by atoms with E-state index >= 15 is 0 Å². The summed E-state index contributed by atoms with van der Waals surface area (Å²) in [6.45, 7) is 0. The largest absolute Gasteiger partial charge is 0.465 e. The third kappa shape index (κ3) is 2.95. The van der Waals surface area contributed by atoms with Gasteiger partial charge in [-0.1, -0.05) is 49.6 Å². The molecule has 1 heterocycles. The van der Waals surface area contributed by atoms with E-state index in [0.717, 1.165) is 10.9 Å². The highest BCUT2D eigenvalue weighted by atomic mass is 16.5. The lowest BCUT2D eigenvalue weighted by molar-refractivity contribution is 0.0601. The molecule has 2 aromatic carbocycles. The van der Waals surface area contributed by atoms with Crippen LogP contribution in [-0.2, 0) is 4.74 Å². The molecule has 0 aliphatic heterocycles. The summed E-state index contributed by atoms with van der Waals surface area (Å²) in [5, 5.41) is 1.16. The van der Waals surface area contributed by atoms with E-state index in [1.807, 2.05) is 24.3 Å². The highest BCUT2D eigenvalue weighted by Crippen LogP contribution is 2.42. The van der Waals surface area contributed by atoms with Crippen molar-refractivity contribution in [3.63, 3.8) is 0 Å². The minimum atomic E-state index is -0.279. The first-order valence-electron chi connectivity index (χ1n) is 9.07. The number of hydrogen-bond donors (Lipinski definition) is 1. The van der Waals surface area contributed by atoms with E-state index in [4.69, 9.17) is 4.74 Å². The number of rotatable bonds is 3. The molecular formula is C22H23NO2. The summed E-state index contributed by atoms with van der Waals surface area (Å²) in [5.74, 6) is 0.268. The molecule has 3 heteroatoms. The first kappa shape index (κ1) is 15.9. The van der Waals surface area contributed by atoms with Gasteiger partial charge in [-0.05, 0) is 48.1 Å². The average Bonchev–Trinajstić information content (AvgIpc) is 3.07. The number of aromatic nitrogens is 1. The van der Waals surface area contributed by atoms with E-state index in [1.54, 1.807) is 0 Å². The standard InChI is InChI=1S/C22H23NO2/c1-25-22(24)17-12-13-19-18(14-17)20(15-8-4-2-5-9-15)21(23-19)16-10-6-3-7-11-16/h3,6-7,10-15,23H,2,4-5,8-9H2,1H3. The Bertz CT molecular complexity index is 889. The number of H-pyrrole nitrogens is 1. The second-order valence-electron chi connectivity index (χ2n) is 6.87. The van der Waals surface area contributed by atoms with Crippen LogP contribution < -0.4 is 0 Å². The maximum atomic E-state index is 12.0. The average molecular weight is 333 g/mol. The lowest BCUT2D eigenvalue weighted by atomic mass is 9.81. The zero-order valence-electron chi connectivity index (χ0n) is 14.5. The van der Waals surface area contributed by atoms with Crippen molar-refractivity contribution in [2.24, 2.45) is 0 Å². The molecule has 0 bridgehead atoms. The maximum absolute atomic E-state index is 12.0. The molecular weight excluding hydrogens is 310 g/mol. The van der Waals surface area contributed by atoms with Gasteiger partial charge in [0, 0.05) is 16.6 Å². The van der Waals surface area contributed by atoms with Gasteiger partial charge >= 0.3 is 5.97 Å². The monoisotopic (exact) mass is 333 g/mol. The van der Waals surface area contributed by atoms with Gasteiger partial charge in [0.25, 0.3) is 0 Å². The molecule has 0 radical (unpaired) electrons. The van der Waals surface area contributed by atoms with Crippen LogP contribution in [0.2, 0.25) is 0 Å². The molecule has 0 spiro atoms. The number of hydrogen-bond acceptors (Lipinski definition) is 2. The van der Waals surface area contributed by atoms with Crippen molar-refractivity contribution in [1.82, 2.24) is 4.98 Å². The molecule has 3 nitrogen and oxygen atoms in total. The number of carbonyl (C=O) groups is 1. The van der Waals surface area contributed by atoms with Crippen LogP contribution in [0.25, 0.3) is 22.2 Å². The van der Waals surface area contributed by atoms with Crippen molar-refractivity contribution >= 4 is 16.9 Å². The fraction of sp³-hybridized carbons (Fsp3) is 0.318. The zero-order valence-corrected chi connectivity index (χ0v) is 14.5. The van der Waals surface area contributed by atoms with Crippen LogP contribution in [0.4, 0.5) is 0 Å². The van der Waals surface area contributed by atoms with Crippen LogP contribution in [0.3, 0.4) is 0 Å². The summed E-state index contributed by atoms with van der Waals surface area (Å²) in [5.41, 5.74) is 5.48. The molecule has 128 valence electrons. The highest BCUT2D eigenvalue weighted by molar-refractivity contribution is 5.98. The molecule has 1 aliphatic carbocycles. The van der Waals surface area contributed by atoms with Gasteiger partial charge in [0.05, 0.1) is 12.7 Å². The summed E-state index contributed by atoms with van der Waals surface area (Å²) >= 11 is 0. The highest BCUT2D eigenvalue weighted by Gasteiger charge is 2.24. The molecule has 1 saturated carbocycles. The predicted molar refractivity (Wildman–Crippen MR) is 101 cm³/mol. The maximum Gasteiger partial charge on any atom is 0.337 e. The van der Waals surface area contributed by atoms with Crippen molar-refractivity contribution < 1.29 is 9.53 Å². The summed E-state index contributed by atoms with van der Waals surface area (Å²) in [6, 6.07) is 16.3. The first-order chi connectivity index (χ1) is 12.3. The zero-order chi connectivity index (χ0) is 17.2. The van der Waals surface area contributed by atoms with Gasteiger partial charge in [-0.25, -0.2) is 4.79 Å². The van der Waals surface area contributed by atoms with Gasteiger partial charge in [-0.15, -0.1) is 0 Å². The van der Waals surface area contributed by atoms with Crippen LogP contribution in [0.1, 0.15) is 53.9 Å². The Morgan fingerprint density at radius 1 is 1.04 bits per heavy atom. The lowest BCUT2D eigenvalue weighted by Gasteiger charge is -2.23. The molecule has 0 unspecified atom stereocenters. The topological polar surface area (TPSA) is 42.1 Å². The summed E-state index contributed by atoms with van der Waals surface area (Å²) in [4.78, 5) is 15.6. The summed E-state index contributed by atoms with van der Waals surface area (Å²) < 4.78 is 4.91. The quantitative estimate of drug-likeness (QED) is 0.628. The van der Waals surface area contributed by atoms with E-state index in [1.165, 1.54) is 56.0 Å². The van der Waals surface area contributed by atoms with Crippen LogP contribution >= 0.6 is 0 Å². The molecule has 0 saturated heterocycles. The van der Waals surface area contributed by atoms with Crippen LogP contribution in [0, 0.1) is 0 Å². The van der Waals surface area contributed by atoms with Crippen molar-refractivity contribution in [2.75, 3.05) is 7.11 Å². The predicted octanol–water partition coefficient (Wildman–Crippen LogP) is 5.67. The van der Waals surface area contributed by atoms with Crippen molar-refractivity contribution in [2.45, 2.75) is 38.0 Å². The third-order valence-corrected chi connectivity index (χ3v) is 5.34. The van der Waals surface area contributed by atoms with E-state index in [0.29, 0.717) is 11.5 Å². The first-order valence-corrected chi connectivity index (χ1v) is 9.07. The van der Waals surface area contributed by atoms with E-state index in [9.17, 15) is 4.79 Å². The number of aromatic amines is 1. The van der Waals surface area contributed by atoms with Crippen LogP contribution in [0.15, 0.2) is 48.5 Å². The van der Waals surface area contributed by atoms with Gasteiger partial charge in [-0.3, -0.25) is 0 Å². The SMILES string of the molecule is COC(=O)c1ccc2[nH]c(-c3ccccc3)c(C3CCCCC3)c2c1. The van der Waals surface area contributed by atoms with Crippen molar-refractivity contribution in [3.05, 3.63) is 59.7 Å². The number of fused-ring (bicyclic) bond motifs is 1. The fourth-order valence-corrected chi connectivity index (χ4v) is 4.11. The number of ether oxygens (including phenoxy) is 1. The molecule has 3 aromatic rings. The Morgan fingerprint density at radius 3 is 2.52 bits per heavy atom. The Morgan fingerprint density at radius 2 is 1.80 bits per heavy atom. The van der Waals surface area contributed by atoms with Gasteiger partial charge in [-0.2, -0.15) is 0 Å². The molecule has 4 rings (SSSR count). The number of nitrogens with one attached hydrogen (secondary N) is 1. The van der Waals surface area contributed by atoms with E-state index < -0.39 is 0 Å². The minimum absolute atomic E-state index is 0.279. The van der Waals surface area contributed by atoms with E-state index in [2.05, 4.69) is 29.2 Å². The second kappa shape index (κ2) is 6.75. The number of esters is 1. The molecule has 1 aromatic heterocycles. The Kier molecular flexibility index (Phi) is 4.31. The second-order valence-corrected chi connectivity index (χ2v) is 6.87. The smallest absolute Gasteiger partial charge is 0.337 e.